The summed E-state index contributed by atoms with van der Waals surface area (Å²) in [5, 5.41) is 2.71. The highest BCUT2D eigenvalue weighted by molar-refractivity contribution is 9.10. The van der Waals surface area contributed by atoms with Gasteiger partial charge in [0.25, 0.3) is 5.91 Å². The Morgan fingerprint density at radius 2 is 1.88 bits per heavy atom. The molecule has 1 unspecified atom stereocenters. The van der Waals surface area contributed by atoms with Crippen molar-refractivity contribution >= 4 is 21.8 Å². The van der Waals surface area contributed by atoms with E-state index < -0.39 is 6.10 Å². The van der Waals surface area contributed by atoms with Crippen LogP contribution in [0.1, 0.15) is 6.92 Å². The van der Waals surface area contributed by atoms with E-state index in [2.05, 4.69) is 33.1 Å². The monoisotopic (exact) mass is 387 g/mol. The van der Waals surface area contributed by atoms with Gasteiger partial charge >= 0.3 is 0 Å². The van der Waals surface area contributed by atoms with Crippen LogP contribution >= 0.6 is 15.9 Å². The van der Waals surface area contributed by atoms with Gasteiger partial charge in [-0.1, -0.05) is 52.0 Å². The zero-order valence-electron chi connectivity index (χ0n) is 13.3. The fourth-order valence-corrected chi connectivity index (χ4v) is 2.20. The minimum atomic E-state index is -0.577. The van der Waals surface area contributed by atoms with Gasteiger partial charge in [-0.15, -0.1) is 0 Å². The number of carbonyl (C=O) groups excluding carboxylic acids is 1. The highest BCUT2D eigenvalue weighted by Gasteiger charge is 2.13. The Kier molecular flexibility index (Phi) is 7.19. The second-order valence-electron chi connectivity index (χ2n) is 4.89. The SMILES string of the molecule is CC(Oc1ccccc1)C(=O)NCC#CCOc1cccc(Br)c1. The molecule has 2 rings (SSSR count). The van der Waals surface area contributed by atoms with E-state index >= 15 is 0 Å². The molecule has 1 N–H and O–H groups in total. The number of benzene rings is 2. The molecule has 0 aliphatic carbocycles. The number of hydrogen-bond acceptors (Lipinski definition) is 3. The summed E-state index contributed by atoms with van der Waals surface area (Å²) in [6, 6.07) is 16.8. The van der Waals surface area contributed by atoms with E-state index in [0.717, 1.165) is 10.2 Å². The molecule has 4 nitrogen and oxygen atoms in total. The number of hydrogen-bond donors (Lipinski definition) is 1. The molecule has 1 atom stereocenters. The third-order valence-corrected chi connectivity index (χ3v) is 3.50. The van der Waals surface area contributed by atoms with E-state index in [-0.39, 0.29) is 19.1 Å². The molecule has 0 radical (unpaired) electrons. The standard InChI is InChI=1S/C19H18BrNO3/c1-15(24-17-9-3-2-4-10-17)19(22)21-12-5-6-13-23-18-11-7-8-16(20)14-18/h2-4,7-11,14-15H,12-13H2,1H3,(H,21,22). The zero-order chi connectivity index (χ0) is 17.2. The molecule has 0 aromatic heterocycles. The van der Waals surface area contributed by atoms with Crippen LogP contribution in [0.15, 0.2) is 59.1 Å². The second kappa shape index (κ2) is 9.64. The van der Waals surface area contributed by atoms with Crippen molar-refractivity contribution in [2.24, 2.45) is 0 Å². The van der Waals surface area contributed by atoms with Gasteiger partial charge in [0.2, 0.25) is 0 Å². The van der Waals surface area contributed by atoms with Gasteiger partial charge in [0.15, 0.2) is 6.10 Å². The lowest BCUT2D eigenvalue weighted by molar-refractivity contribution is -0.126. The fraction of sp³-hybridized carbons (Fsp3) is 0.211. The van der Waals surface area contributed by atoms with Crippen LogP contribution in [0.5, 0.6) is 11.5 Å². The van der Waals surface area contributed by atoms with Gasteiger partial charge in [-0.2, -0.15) is 0 Å². The number of amides is 1. The molecule has 24 heavy (non-hydrogen) atoms. The number of nitrogens with one attached hydrogen (secondary N) is 1. The predicted octanol–water partition coefficient (Wildman–Crippen LogP) is 3.42. The lowest BCUT2D eigenvalue weighted by Crippen LogP contribution is -2.36. The van der Waals surface area contributed by atoms with Crippen LogP contribution in [-0.2, 0) is 4.79 Å². The Balaban J connectivity index is 1.67. The molecule has 0 heterocycles. The van der Waals surface area contributed by atoms with E-state index in [9.17, 15) is 4.79 Å². The topological polar surface area (TPSA) is 47.6 Å². The first-order chi connectivity index (χ1) is 11.6. The van der Waals surface area contributed by atoms with Crippen molar-refractivity contribution in [3.05, 3.63) is 59.1 Å². The molecule has 1 amide bonds. The van der Waals surface area contributed by atoms with Crippen molar-refractivity contribution in [1.82, 2.24) is 5.32 Å². The Morgan fingerprint density at radius 1 is 1.12 bits per heavy atom. The molecule has 0 saturated carbocycles. The third kappa shape index (κ3) is 6.35. The summed E-state index contributed by atoms with van der Waals surface area (Å²) in [4.78, 5) is 11.9. The van der Waals surface area contributed by atoms with Crippen molar-refractivity contribution in [1.29, 1.82) is 0 Å². The lowest BCUT2D eigenvalue weighted by atomic mass is 10.3. The van der Waals surface area contributed by atoms with E-state index in [4.69, 9.17) is 9.47 Å². The number of rotatable bonds is 6. The van der Waals surface area contributed by atoms with Crippen molar-refractivity contribution in [3.8, 4) is 23.3 Å². The van der Waals surface area contributed by atoms with Crippen LogP contribution in [-0.4, -0.2) is 25.2 Å². The largest absolute Gasteiger partial charge is 0.481 e. The summed E-state index contributed by atoms with van der Waals surface area (Å²) in [6.45, 7) is 2.22. The highest BCUT2D eigenvalue weighted by Crippen LogP contribution is 2.17. The average molecular weight is 388 g/mol. The van der Waals surface area contributed by atoms with E-state index in [1.165, 1.54) is 0 Å². The molecule has 0 bridgehead atoms. The van der Waals surface area contributed by atoms with Gasteiger partial charge in [-0.25, -0.2) is 0 Å². The molecule has 0 aliphatic rings. The Morgan fingerprint density at radius 3 is 2.62 bits per heavy atom. The van der Waals surface area contributed by atoms with Gasteiger partial charge < -0.3 is 14.8 Å². The van der Waals surface area contributed by atoms with Crippen LogP contribution < -0.4 is 14.8 Å². The summed E-state index contributed by atoms with van der Waals surface area (Å²) < 4.78 is 12.0. The minimum absolute atomic E-state index is 0.207. The summed E-state index contributed by atoms with van der Waals surface area (Å²) in [7, 11) is 0. The number of para-hydroxylation sites is 1. The maximum absolute atomic E-state index is 11.9. The molecule has 0 aliphatic heterocycles. The minimum Gasteiger partial charge on any atom is -0.481 e. The quantitative estimate of drug-likeness (QED) is 0.772. The molecule has 2 aromatic rings. The van der Waals surface area contributed by atoms with E-state index in [1.54, 1.807) is 6.92 Å². The summed E-state index contributed by atoms with van der Waals surface area (Å²) >= 11 is 3.37. The third-order valence-electron chi connectivity index (χ3n) is 3.01. The Bertz CT molecular complexity index is 722. The van der Waals surface area contributed by atoms with Gasteiger partial charge in [-0.3, -0.25) is 4.79 Å². The summed E-state index contributed by atoms with van der Waals surface area (Å²) in [5.41, 5.74) is 0. The number of halogens is 1. The smallest absolute Gasteiger partial charge is 0.261 e. The summed E-state index contributed by atoms with van der Waals surface area (Å²) in [5.74, 6) is 6.90. The van der Waals surface area contributed by atoms with Gasteiger partial charge in [0.05, 0.1) is 6.54 Å². The van der Waals surface area contributed by atoms with Crippen LogP contribution in [0.3, 0.4) is 0 Å². The molecule has 2 aromatic carbocycles. The lowest BCUT2D eigenvalue weighted by Gasteiger charge is -2.13. The molecule has 5 heteroatoms. The van der Waals surface area contributed by atoms with Crippen molar-refractivity contribution in [3.63, 3.8) is 0 Å². The van der Waals surface area contributed by atoms with Crippen LogP contribution in [0.4, 0.5) is 0 Å². The van der Waals surface area contributed by atoms with E-state index in [0.29, 0.717) is 5.75 Å². The van der Waals surface area contributed by atoms with Gasteiger partial charge in [-0.05, 0) is 37.3 Å². The molecular formula is C19H18BrNO3. The zero-order valence-corrected chi connectivity index (χ0v) is 14.9. The first-order valence-electron chi connectivity index (χ1n) is 7.48. The van der Waals surface area contributed by atoms with Crippen LogP contribution in [0, 0.1) is 11.8 Å². The highest BCUT2D eigenvalue weighted by atomic mass is 79.9. The predicted molar refractivity (Wildman–Crippen MR) is 97.0 cm³/mol. The number of ether oxygens (including phenoxy) is 2. The van der Waals surface area contributed by atoms with Gasteiger partial charge in [0, 0.05) is 4.47 Å². The maximum atomic E-state index is 11.9. The Hall–Kier alpha value is -2.45. The Labute approximate surface area is 150 Å². The number of carbonyl (C=O) groups is 1. The molecule has 0 saturated heterocycles. The van der Waals surface area contributed by atoms with Crippen molar-refractivity contribution < 1.29 is 14.3 Å². The molecular weight excluding hydrogens is 370 g/mol. The van der Waals surface area contributed by atoms with Crippen LogP contribution in [0.2, 0.25) is 0 Å². The first kappa shape index (κ1) is 17.9. The molecule has 0 spiro atoms. The molecule has 124 valence electrons. The van der Waals surface area contributed by atoms with Crippen molar-refractivity contribution in [2.75, 3.05) is 13.2 Å². The van der Waals surface area contributed by atoms with Crippen molar-refractivity contribution in [2.45, 2.75) is 13.0 Å². The summed E-state index contributed by atoms with van der Waals surface area (Å²) in [6.07, 6.45) is -0.577. The normalized spacial score (nSPS) is 10.9. The fourth-order valence-electron chi connectivity index (χ4n) is 1.82. The molecule has 0 fully saturated rings. The van der Waals surface area contributed by atoms with Gasteiger partial charge in [0.1, 0.15) is 18.1 Å². The maximum Gasteiger partial charge on any atom is 0.261 e. The second-order valence-corrected chi connectivity index (χ2v) is 5.81. The van der Waals surface area contributed by atoms with Crippen LogP contribution in [0.25, 0.3) is 0 Å². The van der Waals surface area contributed by atoms with E-state index in [1.807, 2.05) is 54.6 Å². The first-order valence-corrected chi connectivity index (χ1v) is 8.28. The average Bonchev–Trinajstić information content (AvgIpc) is 2.58.